The summed E-state index contributed by atoms with van der Waals surface area (Å²) in [6.45, 7) is 1.76. The van der Waals surface area contributed by atoms with Crippen LogP contribution in [-0.4, -0.2) is 27.2 Å². The van der Waals surface area contributed by atoms with Gasteiger partial charge in [-0.25, -0.2) is 0 Å². The number of aliphatic hydroxyl groups is 2. The quantitative estimate of drug-likeness (QED) is 0.785. The molecule has 0 aliphatic heterocycles. The Morgan fingerprint density at radius 3 is 2.64 bits per heavy atom. The molecule has 2 unspecified atom stereocenters. The van der Waals surface area contributed by atoms with Crippen molar-refractivity contribution in [2.45, 2.75) is 19.1 Å². The van der Waals surface area contributed by atoms with E-state index >= 15 is 0 Å². The van der Waals surface area contributed by atoms with E-state index in [1.807, 2.05) is 0 Å². The zero-order chi connectivity index (χ0) is 10.7. The maximum atomic E-state index is 9.62. The highest BCUT2D eigenvalue weighted by Gasteiger charge is 2.20. The van der Waals surface area contributed by atoms with E-state index in [0.29, 0.717) is 10.7 Å². The van der Waals surface area contributed by atoms with Gasteiger partial charge >= 0.3 is 0 Å². The Hall–Kier alpha value is -0.350. The molecule has 0 spiro atoms. The van der Waals surface area contributed by atoms with E-state index in [9.17, 15) is 10.2 Å². The van der Waals surface area contributed by atoms with Gasteiger partial charge in [0.2, 0.25) is 0 Å². The number of alkyl halides is 1. The summed E-state index contributed by atoms with van der Waals surface area (Å²) in [6, 6.07) is 1.67. The number of hydrogen-bond acceptors (Lipinski definition) is 3. The fraction of sp³-hybridized carbons (Fsp3) is 0.444. The summed E-state index contributed by atoms with van der Waals surface area (Å²) in [4.78, 5) is 3.95. The number of pyridine rings is 1. The van der Waals surface area contributed by atoms with Crippen LogP contribution in [0.2, 0.25) is 5.02 Å². The van der Waals surface area contributed by atoms with Crippen molar-refractivity contribution in [3.05, 3.63) is 28.5 Å². The molecular weight excluding hydrogens is 225 g/mol. The van der Waals surface area contributed by atoms with Gasteiger partial charge in [-0.05, 0) is 18.6 Å². The molecule has 3 nitrogen and oxygen atoms in total. The number of nitrogens with zero attached hydrogens (tertiary/aromatic N) is 1. The molecule has 1 heterocycles. The zero-order valence-electron chi connectivity index (χ0n) is 7.61. The van der Waals surface area contributed by atoms with Gasteiger partial charge in [0.05, 0.1) is 22.7 Å². The highest BCUT2D eigenvalue weighted by molar-refractivity contribution is 6.30. The van der Waals surface area contributed by atoms with Crippen LogP contribution in [0.1, 0.15) is 17.4 Å². The average molecular weight is 236 g/mol. The van der Waals surface area contributed by atoms with E-state index in [4.69, 9.17) is 23.2 Å². The van der Waals surface area contributed by atoms with E-state index in [1.165, 1.54) is 6.20 Å². The summed E-state index contributed by atoms with van der Waals surface area (Å²) in [6.07, 6.45) is -0.651. The predicted molar refractivity (Wildman–Crippen MR) is 55.7 cm³/mol. The molecule has 14 heavy (non-hydrogen) atoms. The first-order chi connectivity index (χ1) is 6.56. The van der Waals surface area contributed by atoms with Crippen LogP contribution in [0.3, 0.4) is 0 Å². The second-order valence-corrected chi connectivity index (χ2v) is 3.77. The molecule has 5 heteroatoms. The first-order valence-corrected chi connectivity index (χ1v) is 5.01. The number of aliphatic hydroxyl groups excluding tert-OH is 2. The lowest BCUT2D eigenvalue weighted by atomic mass is 10.1. The smallest absolute Gasteiger partial charge is 0.123 e. The SMILES string of the molecule is Cc1cc(Cl)cnc1C(O)C(O)CCl. The highest BCUT2D eigenvalue weighted by atomic mass is 35.5. The molecular formula is C9H11Cl2NO2. The monoisotopic (exact) mass is 235 g/mol. The Bertz CT molecular complexity index is 320. The zero-order valence-corrected chi connectivity index (χ0v) is 9.13. The third kappa shape index (κ3) is 2.58. The Labute approximate surface area is 92.3 Å². The van der Waals surface area contributed by atoms with Gasteiger partial charge in [0.25, 0.3) is 0 Å². The van der Waals surface area contributed by atoms with Crippen LogP contribution in [-0.2, 0) is 0 Å². The van der Waals surface area contributed by atoms with Crippen LogP contribution in [0, 0.1) is 6.92 Å². The van der Waals surface area contributed by atoms with Crippen molar-refractivity contribution in [2.24, 2.45) is 0 Å². The van der Waals surface area contributed by atoms with Gasteiger partial charge in [0.1, 0.15) is 6.10 Å². The largest absolute Gasteiger partial charge is 0.389 e. The normalized spacial score (nSPS) is 15.2. The average Bonchev–Trinajstić information content (AvgIpc) is 2.15. The van der Waals surface area contributed by atoms with E-state index in [1.54, 1.807) is 13.0 Å². The maximum Gasteiger partial charge on any atom is 0.123 e. The number of halogens is 2. The summed E-state index contributed by atoms with van der Waals surface area (Å²) in [5.41, 5.74) is 1.14. The maximum absolute atomic E-state index is 9.62. The summed E-state index contributed by atoms with van der Waals surface area (Å²) in [7, 11) is 0. The van der Waals surface area contributed by atoms with Gasteiger partial charge in [-0.3, -0.25) is 4.98 Å². The van der Waals surface area contributed by atoms with E-state index in [0.717, 1.165) is 5.56 Å². The minimum absolute atomic E-state index is 0.0368. The molecule has 0 aliphatic rings. The summed E-state index contributed by atoms with van der Waals surface area (Å²) in [5, 5.41) is 19.4. The molecule has 0 saturated carbocycles. The molecule has 0 saturated heterocycles. The third-order valence-corrected chi connectivity index (χ3v) is 2.41. The second kappa shape index (κ2) is 4.94. The summed E-state index contributed by atoms with van der Waals surface area (Å²) in [5.74, 6) is -0.0368. The molecule has 78 valence electrons. The van der Waals surface area contributed by atoms with Crippen LogP contribution in [0.5, 0.6) is 0 Å². The molecule has 0 bridgehead atoms. The Morgan fingerprint density at radius 2 is 2.14 bits per heavy atom. The van der Waals surface area contributed by atoms with E-state index < -0.39 is 12.2 Å². The number of rotatable bonds is 3. The lowest BCUT2D eigenvalue weighted by molar-refractivity contribution is 0.0296. The van der Waals surface area contributed by atoms with Gasteiger partial charge in [0.15, 0.2) is 0 Å². The van der Waals surface area contributed by atoms with Crippen molar-refractivity contribution in [3.8, 4) is 0 Å². The molecule has 2 N–H and O–H groups in total. The lowest BCUT2D eigenvalue weighted by Crippen LogP contribution is -2.21. The van der Waals surface area contributed by atoms with Crippen LogP contribution >= 0.6 is 23.2 Å². The van der Waals surface area contributed by atoms with Gasteiger partial charge in [-0.1, -0.05) is 11.6 Å². The molecule has 1 aromatic heterocycles. The van der Waals surface area contributed by atoms with Crippen molar-refractivity contribution in [1.29, 1.82) is 0 Å². The molecule has 0 radical (unpaired) electrons. The Balaban J connectivity index is 2.95. The first kappa shape index (κ1) is 11.7. The van der Waals surface area contributed by atoms with Gasteiger partial charge in [0, 0.05) is 6.20 Å². The number of hydrogen-bond donors (Lipinski definition) is 2. The lowest BCUT2D eigenvalue weighted by Gasteiger charge is -2.16. The second-order valence-electron chi connectivity index (χ2n) is 3.02. The molecule has 1 rings (SSSR count). The standard InChI is InChI=1S/C9H11Cl2NO2/c1-5-2-6(11)4-12-8(5)9(14)7(13)3-10/h2,4,7,9,13-14H,3H2,1H3. The predicted octanol–water partition coefficient (Wildman–Crippen LogP) is 1.68. The fourth-order valence-electron chi connectivity index (χ4n) is 1.13. The summed E-state index contributed by atoms with van der Waals surface area (Å²) >= 11 is 11.1. The van der Waals surface area contributed by atoms with Crippen molar-refractivity contribution in [3.63, 3.8) is 0 Å². The highest BCUT2D eigenvalue weighted by Crippen LogP contribution is 2.21. The molecule has 0 aromatic carbocycles. The molecule has 0 aliphatic carbocycles. The van der Waals surface area contributed by atoms with Crippen molar-refractivity contribution in [2.75, 3.05) is 5.88 Å². The van der Waals surface area contributed by atoms with Gasteiger partial charge in [-0.15, -0.1) is 11.6 Å². The van der Waals surface area contributed by atoms with Gasteiger partial charge in [-0.2, -0.15) is 0 Å². The van der Waals surface area contributed by atoms with E-state index in [-0.39, 0.29) is 5.88 Å². The first-order valence-electron chi connectivity index (χ1n) is 4.10. The minimum Gasteiger partial charge on any atom is -0.389 e. The summed E-state index contributed by atoms with van der Waals surface area (Å²) < 4.78 is 0. The van der Waals surface area contributed by atoms with Crippen molar-refractivity contribution < 1.29 is 10.2 Å². The third-order valence-electron chi connectivity index (χ3n) is 1.89. The Kier molecular flexibility index (Phi) is 4.13. The van der Waals surface area contributed by atoms with Crippen LogP contribution in [0.4, 0.5) is 0 Å². The molecule has 0 fully saturated rings. The van der Waals surface area contributed by atoms with Crippen molar-refractivity contribution >= 4 is 23.2 Å². The molecule has 2 atom stereocenters. The molecule has 1 aromatic rings. The van der Waals surface area contributed by atoms with E-state index in [2.05, 4.69) is 4.98 Å². The topological polar surface area (TPSA) is 53.4 Å². The number of aromatic nitrogens is 1. The van der Waals surface area contributed by atoms with Gasteiger partial charge < -0.3 is 10.2 Å². The van der Waals surface area contributed by atoms with Crippen LogP contribution < -0.4 is 0 Å². The fourth-order valence-corrected chi connectivity index (χ4v) is 1.51. The number of aryl methyl sites for hydroxylation is 1. The molecule has 0 amide bonds. The minimum atomic E-state index is -1.07. The Morgan fingerprint density at radius 1 is 1.50 bits per heavy atom. The van der Waals surface area contributed by atoms with Crippen LogP contribution in [0.15, 0.2) is 12.3 Å². The van der Waals surface area contributed by atoms with Crippen LogP contribution in [0.25, 0.3) is 0 Å². The van der Waals surface area contributed by atoms with Crippen molar-refractivity contribution in [1.82, 2.24) is 4.98 Å².